The molecule has 0 radical (unpaired) electrons. The van der Waals surface area contributed by atoms with Gasteiger partial charge in [-0.05, 0) is 12.8 Å². The standard InChI is InChI=1S/C15H28O3/c1-17-15(18-2)13-11-9-7-5-3-4-6-8-10-12-14(13)16/h13,15H,3-12H2,1-2H3. The minimum atomic E-state index is -0.361. The van der Waals surface area contributed by atoms with Gasteiger partial charge in [0.15, 0.2) is 6.29 Å². The van der Waals surface area contributed by atoms with E-state index in [2.05, 4.69) is 0 Å². The van der Waals surface area contributed by atoms with Crippen LogP contribution in [-0.2, 0) is 14.3 Å². The van der Waals surface area contributed by atoms with Crippen LogP contribution in [0.15, 0.2) is 0 Å². The van der Waals surface area contributed by atoms with E-state index >= 15 is 0 Å². The molecule has 1 saturated carbocycles. The molecule has 0 heterocycles. The third-order valence-corrected chi connectivity index (χ3v) is 3.90. The van der Waals surface area contributed by atoms with Gasteiger partial charge in [-0.3, -0.25) is 4.79 Å². The van der Waals surface area contributed by atoms with Crippen LogP contribution in [0.4, 0.5) is 0 Å². The Morgan fingerprint density at radius 1 is 0.889 bits per heavy atom. The summed E-state index contributed by atoms with van der Waals surface area (Å²) in [7, 11) is 3.25. The first-order chi connectivity index (χ1) is 8.79. The number of Topliss-reactive ketones (excluding diaryl/α,β-unsaturated/α-hetero) is 1. The molecule has 1 fully saturated rings. The van der Waals surface area contributed by atoms with Gasteiger partial charge in [-0.15, -0.1) is 0 Å². The molecule has 0 amide bonds. The fourth-order valence-corrected chi connectivity index (χ4v) is 2.78. The minimum absolute atomic E-state index is 0.0700. The largest absolute Gasteiger partial charge is 0.355 e. The Bertz CT molecular complexity index is 224. The summed E-state index contributed by atoms with van der Waals surface area (Å²) in [4.78, 5) is 12.2. The number of ether oxygens (including phenoxy) is 2. The van der Waals surface area contributed by atoms with Gasteiger partial charge in [0.1, 0.15) is 5.78 Å². The second-order valence-corrected chi connectivity index (χ2v) is 5.28. The predicted octanol–water partition coefficient (Wildman–Crippen LogP) is 3.71. The molecule has 1 aliphatic carbocycles. The number of carbonyl (C=O) groups excluding carboxylic acids is 1. The van der Waals surface area contributed by atoms with Crippen LogP contribution in [0.1, 0.15) is 64.2 Å². The molecular formula is C15H28O3. The Labute approximate surface area is 111 Å². The Morgan fingerprint density at radius 2 is 1.39 bits per heavy atom. The van der Waals surface area contributed by atoms with Crippen molar-refractivity contribution in [3.05, 3.63) is 0 Å². The van der Waals surface area contributed by atoms with E-state index in [9.17, 15) is 4.79 Å². The Balaban J connectivity index is 2.54. The fourth-order valence-electron chi connectivity index (χ4n) is 2.78. The second kappa shape index (κ2) is 9.51. The Hall–Kier alpha value is -0.410. The number of rotatable bonds is 3. The van der Waals surface area contributed by atoms with Crippen molar-refractivity contribution >= 4 is 5.78 Å². The SMILES string of the molecule is COC(OC)C1CCCCCCCCCCC1=O. The molecule has 0 N–H and O–H groups in total. The molecule has 0 aromatic heterocycles. The van der Waals surface area contributed by atoms with Crippen molar-refractivity contribution in [2.45, 2.75) is 70.5 Å². The van der Waals surface area contributed by atoms with Gasteiger partial charge in [0.05, 0.1) is 5.92 Å². The smallest absolute Gasteiger partial charge is 0.166 e. The molecule has 0 saturated heterocycles. The van der Waals surface area contributed by atoms with E-state index in [1.54, 1.807) is 14.2 Å². The van der Waals surface area contributed by atoms with Gasteiger partial charge in [-0.2, -0.15) is 0 Å². The fraction of sp³-hybridized carbons (Fsp3) is 0.933. The first-order valence-electron chi connectivity index (χ1n) is 7.38. The molecule has 1 aliphatic rings. The van der Waals surface area contributed by atoms with Gasteiger partial charge in [-0.1, -0.05) is 44.9 Å². The average molecular weight is 256 g/mol. The molecule has 1 unspecified atom stereocenters. The van der Waals surface area contributed by atoms with E-state index in [4.69, 9.17) is 9.47 Å². The second-order valence-electron chi connectivity index (χ2n) is 5.28. The highest BCUT2D eigenvalue weighted by atomic mass is 16.7. The summed E-state index contributed by atoms with van der Waals surface area (Å²) >= 11 is 0. The Kier molecular flexibility index (Phi) is 8.27. The van der Waals surface area contributed by atoms with Crippen molar-refractivity contribution in [1.82, 2.24) is 0 Å². The zero-order valence-electron chi connectivity index (χ0n) is 12.0. The average Bonchev–Trinajstić information content (AvgIpc) is 2.37. The van der Waals surface area contributed by atoms with Crippen LogP contribution in [0.25, 0.3) is 0 Å². The third-order valence-electron chi connectivity index (χ3n) is 3.90. The highest BCUT2D eigenvalue weighted by Gasteiger charge is 2.27. The topological polar surface area (TPSA) is 35.5 Å². The van der Waals surface area contributed by atoms with Crippen molar-refractivity contribution in [3.8, 4) is 0 Å². The quantitative estimate of drug-likeness (QED) is 0.722. The monoisotopic (exact) mass is 256 g/mol. The highest BCUT2D eigenvalue weighted by Crippen LogP contribution is 2.22. The summed E-state index contributed by atoms with van der Waals surface area (Å²) in [5, 5.41) is 0. The molecule has 18 heavy (non-hydrogen) atoms. The molecule has 0 aromatic rings. The van der Waals surface area contributed by atoms with Crippen molar-refractivity contribution in [3.63, 3.8) is 0 Å². The first kappa shape index (κ1) is 15.6. The number of hydrogen-bond donors (Lipinski definition) is 0. The van der Waals surface area contributed by atoms with Gasteiger partial charge < -0.3 is 9.47 Å². The third kappa shape index (κ3) is 5.49. The van der Waals surface area contributed by atoms with Crippen LogP contribution in [0.5, 0.6) is 0 Å². The van der Waals surface area contributed by atoms with Crippen molar-refractivity contribution < 1.29 is 14.3 Å². The van der Waals surface area contributed by atoms with E-state index in [1.165, 1.54) is 38.5 Å². The van der Waals surface area contributed by atoms with Crippen molar-refractivity contribution in [2.24, 2.45) is 5.92 Å². The lowest BCUT2D eigenvalue weighted by Crippen LogP contribution is -2.31. The summed E-state index contributed by atoms with van der Waals surface area (Å²) in [5.41, 5.74) is 0. The summed E-state index contributed by atoms with van der Waals surface area (Å²) in [6.07, 6.45) is 11.0. The number of methoxy groups -OCH3 is 2. The zero-order valence-corrected chi connectivity index (χ0v) is 12.0. The maximum Gasteiger partial charge on any atom is 0.166 e. The van der Waals surface area contributed by atoms with Gasteiger partial charge in [0.2, 0.25) is 0 Å². The lowest BCUT2D eigenvalue weighted by Gasteiger charge is -2.24. The van der Waals surface area contributed by atoms with Gasteiger partial charge in [0.25, 0.3) is 0 Å². The molecule has 1 atom stereocenters. The first-order valence-corrected chi connectivity index (χ1v) is 7.38. The van der Waals surface area contributed by atoms with Gasteiger partial charge >= 0.3 is 0 Å². The minimum Gasteiger partial charge on any atom is -0.355 e. The van der Waals surface area contributed by atoms with Crippen LogP contribution >= 0.6 is 0 Å². The Morgan fingerprint density at radius 3 is 1.94 bits per heavy atom. The molecule has 0 bridgehead atoms. The van der Waals surface area contributed by atoms with Crippen LogP contribution in [0, 0.1) is 5.92 Å². The molecule has 0 spiro atoms. The van der Waals surface area contributed by atoms with Gasteiger partial charge in [-0.25, -0.2) is 0 Å². The van der Waals surface area contributed by atoms with Crippen LogP contribution in [-0.4, -0.2) is 26.3 Å². The molecule has 0 aliphatic heterocycles. The van der Waals surface area contributed by atoms with E-state index in [-0.39, 0.29) is 12.2 Å². The lowest BCUT2D eigenvalue weighted by atomic mass is 9.91. The summed E-state index contributed by atoms with van der Waals surface area (Å²) in [6, 6.07) is 0. The molecule has 1 rings (SSSR count). The number of hydrogen-bond acceptors (Lipinski definition) is 3. The maximum absolute atomic E-state index is 12.2. The summed E-state index contributed by atoms with van der Waals surface area (Å²) in [5.74, 6) is 0.253. The zero-order chi connectivity index (χ0) is 13.2. The van der Waals surface area contributed by atoms with Crippen molar-refractivity contribution in [1.29, 1.82) is 0 Å². The van der Waals surface area contributed by atoms with Crippen LogP contribution in [0.3, 0.4) is 0 Å². The molecular weight excluding hydrogens is 228 g/mol. The number of ketones is 1. The summed E-state index contributed by atoms with van der Waals surface area (Å²) in [6.45, 7) is 0. The van der Waals surface area contributed by atoms with Crippen molar-refractivity contribution in [2.75, 3.05) is 14.2 Å². The number of carbonyl (C=O) groups is 1. The van der Waals surface area contributed by atoms with Crippen LogP contribution < -0.4 is 0 Å². The summed E-state index contributed by atoms with van der Waals surface area (Å²) < 4.78 is 10.6. The van der Waals surface area contributed by atoms with E-state index in [0.717, 1.165) is 19.3 Å². The van der Waals surface area contributed by atoms with Crippen LogP contribution in [0.2, 0.25) is 0 Å². The van der Waals surface area contributed by atoms with E-state index < -0.39 is 0 Å². The molecule has 3 heteroatoms. The molecule has 0 aromatic carbocycles. The predicted molar refractivity (Wildman–Crippen MR) is 72.5 cm³/mol. The molecule has 106 valence electrons. The highest BCUT2D eigenvalue weighted by molar-refractivity contribution is 5.81. The van der Waals surface area contributed by atoms with E-state index in [0.29, 0.717) is 12.2 Å². The lowest BCUT2D eigenvalue weighted by molar-refractivity contribution is -0.158. The van der Waals surface area contributed by atoms with Gasteiger partial charge in [0, 0.05) is 20.6 Å². The van der Waals surface area contributed by atoms with E-state index in [1.807, 2.05) is 0 Å². The normalized spacial score (nSPS) is 24.6. The molecule has 3 nitrogen and oxygen atoms in total. The maximum atomic E-state index is 12.2.